The van der Waals surface area contributed by atoms with Crippen molar-refractivity contribution in [2.45, 2.75) is 37.8 Å². The van der Waals surface area contributed by atoms with E-state index in [-0.39, 0.29) is 23.6 Å². The smallest absolute Gasteiger partial charge is 0.160 e. The van der Waals surface area contributed by atoms with E-state index in [9.17, 15) is 22.7 Å². The van der Waals surface area contributed by atoms with Gasteiger partial charge in [0.2, 0.25) is 0 Å². The first-order valence-electron chi connectivity index (χ1n) is 12.0. The van der Waals surface area contributed by atoms with E-state index in [1.807, 2.05) is 0 Å². The van der Waals surface area contributed by atoms with Crippen LogP contribution in [-0.2, 0) is 0 Å². The van der Waals surface area contributed by atoms with Crippen LogP contribution in [0.25, 0.3) is 0 Å². The Hall–Kier alpha value is -2.90. The summed E-state index contributed by atoms with van der Waals surface area (Å²) in [6, 6.07) is 15.8. The second kappa shape index (κ2) is 11.7. The van der Waals surface area contributed by atoms with Crippen LogP contribution in [0.5, 0.6) is 0 Å². The van der Waals surface area contributed by atoms with Gasteiger partial charge in [-0.15, -0.1) is 0 Å². The molecule has 4 rings (SSSR count). The number of nitrogens with zero attached hydrogens (tertiary/aromatic N) is 1. The predicted octanol–water partition coefficient (Wildman–Crippen LogP) is 6.62. The summed E-state index contributed by atoms with van der Waals surface area (Å²) >= 11 is 0. The van der Waals surface area contributed by atoms with E-state index in [0.717, 1.165) is 62.2 Å². The lowest BCUT2D eigenvalue weighted by Crippen LogP contribution is -2.37. The van der Waals surface area contributed by atoms with E-state index in [1.54, 1.807) is 24.3 Å². The summed E-state index contributed by atoms with van der Waals surface area (Å²) in [5.74, 6) is -2.22. The Morgan fingerprint density at radius 3 is 2.00 bits per heavy atom. The summed E-state index contributed by atoms with van der Waals surface area (Å²) < 4.78 is 53.7. The number of hydrogen-bond donors (Lipinski definition) is 2. The molecule has 3 nitrogen and oxygen atoms in total. The average Bonchev–Trinajstić information content (AvgIpc) is 2.86. The van der Waals surface area contributed by atoms with Gasteiger partial charge in [-0.25, -0.2) is 17.6 Å². The third-order valence-electron chi connectivity index (χ3n) is 6.78. The van der Waals surface area contributed by atoms with Crippen LogP contribution in [0.4, 0.5) is 23.2 Å². The Morgan fingerprint density at radius 1 is 0.800 bits per heavy atom. The number of likely N-dealkylation sites (tertiary alicyclic amines) is 1. The average molecular weight is 487 g/mol. The van der Waals surface area contributed by atoms with Crippen LogP contribution >= 0.6 is 0 Å². The molecule has 0 amide bonds. The van der Waals surface area contributed by atoms with Gasteiger partial charge in [-0.3, -0.25) is 0 Å². The van der Waals surface area contributed by atoms with Crippen molar-refractivity contribution in [3.63, 3.8) is 0 Å². The van der Waals surface area contributed by atoms with Crippen LogP contribution in [0.3, 0.4) is 0 Å². The first kappa shape index (κ1) is 25.2. The molecule has 2 unspecified atom stereocenters. The van der Waals surface area contributed by atoms with Crippen LogP contribution in [0.1, 0.15) is 49.0 Å². The van der Waals surface area contributed by atoms with E-state index in [0.29, 0.717) is 12.1 Å². The highest BCUT2D eigenvalue weighted by atomic mass is 19.2. The van der Waals surface area contributed by atoms with Crippen LogP contribution in [0, 0.1) is 29.2 Å². The highest BCUT2D eigenvalue weighted by Crippen LogP contribution is 2.34. The molecular weight excluding hydrogens is 456 g/mol. The van der Waals surface area contributed by atoms with Crippen molar-refractivity contribution in [3.8, 4) is 0 Å². The SMILES string of the molecule is OC(CCCN1CCC(C(Nc2ccc(F)c(F)c2)c2ccc(F)cc2)CC1)c1ccc(F)cc1. The van der Waals surface area contributed by atoms with Gasteiger partial charge in [0.15, 0.2) is 11.6 Å². The van der Waals surface area contributed by atoms with Crippen LogP contribution in [0.15, 0.2) is 66.7 Å². The van der Waals surface area contributed by atoms with Crippen molar-refractivity contribution in [2.75, 3.05) is 25.0 Å². The number of piperidine rings is 1. The molecule has 1 aliphatic heterocycles. The van der Waals surface area contributed by atoms with Crippen LogP contribution in [0.2, 0.25) is 0 Å². The Morgan fingerprint density at radius 2 is 1.40 bits per heavy atom. The molecule has 35 heavy (non-hydrogen) atoms. The zero-order valence-electron chi connectivity index (χ0n) is 19.4. The minimum Gasteiger partial charge on any atom is -0.388 e. The fraction of sp³-hybridized carbons (Fsp3) is 0.357. The largest absolute Gasteiger partial charge is 0.388 e. The molecule has 1 aliphatic rings. The molecule has 0 saturated carbocycles. The monoisotopic (exact) mass is 486 g/mol. The first-order valence-corrected chi connectivity index (χ1v) is 12.0. The van der Waals surface area contributed by atoms with Gasteiger partial charge in [-0.1, -0.05) is 24.3 Å². The second-order valence-corrected chi connectivity index (χ2v) is 9.19. The summed E-state index contributed by atoms with van der Waals surface area (Å²) in [6.07, 6.45) is 2.58. The van der Waals surface area contributed by atoms with Gasteiger partial charge in [0.25, 0.3) is 0 Å². The lowest BCUT2D eigenvalue weighted by atomic mass is 9.85. The van der Waals surface area contributed by atoms with Gasteiger partial charge < -0.3 is 15.3 Å². The number of benzene rings is 3. The highest BCUT2D eigenvalue weighted by molar-refractivity contribution is 5.46. The number of aliphatic hydroxyl groups is 1. The Bertz CT molecular complexity index is 1080. The van der Waals surface area contributed by atoms with E-state index in [4.69, 9.17) is 0 Å². The number of anilines is 1. The van der Waals surface area contributed by atoms with Gasteiger partial charge in [-0.05, 0) is 98.8 Å². The molecule has 1 fully saturated rings. The van der Waals surface area contributed by atoms with E-state index >= 15 is 0 Å². The van der Waals surface area contributed by atoms with Crippen molar-refractivity contribution in [1.82, 2.24) is 4.90 Å². The summed E-state index contributed by atoms with van der Waals surface area (Å²) in [7, 11) is 0. The minimum atomic E-state index is -0.912. The van der Waals surface area contributed by atoms with Crippen molar-refractivity contribution < 1.29 is 22.7 Å². The standard InChI is InChI=1S/C28H30F4N2O/c29-22-7-3-19(4-8-22)27(35)2-1-15-34-16-13-21(14-17-34)28(20-5-9-23(30)10-6-20)33-24-11-12-25(31)26(32)18-24/h3-12,18,21,27-28,33,35H,1-2,13-17H2. The maximum atomic E-state index is 13.8. The van der Waals surface area contributed by atoms with Crippen molar-refractivity contribution >= 4 is 5.69 Å². The molecule has 0 radical (unpaired) electrons. The lowest BCUT2D eigenvalue weighted by Gasteiger charge is -2.37. The number of aliphatic hydroxyl groups excluding tert-OH is 1. The molecule has 0 aliphatic carbocycles. The summed E-state index contributed by atoms with van der Waals surface area (Å²) in [4.78, 5) is 2.35. The van der Waals surface area contributed by atoms with Crippen molar-refractivity contribution in [3.05, 3.63) is 101 Å². The molecule has 2 atom stereocenters. The number of hydrogen-bond acceptors (Lipinski definition) is 3. The summed E-state index contributed by atoms with van der Waals surface area (Å²) in [6.45, 7) is 2.59. The molecule has 3 aromatic rings. The molecule has 0 aromatic heterocycles. The van der Waals surface area contributed by atoms with Gasteiger partial charge in [-0.2, -0.15) is 0 Å². The van der Waals surface area contributed by atoms with Gasteiger partial charge in [0, 0.05) is 11.8 Å². The van der Waals surface area contributed by atoms with Gasteiger partial charge >= 0.3 is 0 Å². The highest BCUT2D eigenvalue weighted by Gasteiger charge is 2.28. The van der Waals surface area contributed by atoms with Crippen molar-refractivity contribution in [1.29, 1.82) is 0 Å². The predicted molar refractivity (Wildman–Crippen MR) is 129 cm³/mol. The normalized spacial score (nSPS) is 16.7. The summed E-state index contributed by atoms with van der Waals surface area (Å²) in [5, 5.41) is 13.7. The molecule has 0 bridgehead atoms. The molecule has 0 spiro atoms. The van der Waals surface area contributed by atoms with E-state index in [2.05, 4.69) is 10.2 Å². The second-order valence-electron chi connectivity index (χ2n) is 9.19. The Labute approximate surface area is 203 Å². The summed E-state index contributed by atoms with van der Waals surface area (Å²) in [5.41, 5.74) is 2.10. The van der Waals surface area contributed by atoms with Gasteiger partial charge in [0.1, 0.15) is 11.6 Å². The quantitative estimate of drug-likeness (QED) is 0.334. The maximum absolute atomic E-state index is 13.8. The number of nitrogens with one attached hydrogen (secondary N) is 1. The molecule has 186 valence electrons. The van der Waals surface area contributed by atoms with Gasteiger partial charge in [0.05, 0.1) is 12.1 Å². The molecule has 7 heteroatoms. The molecule has 1 saturated heterocycles. The minimum absolute atomic E-state index is 0.164. The maximum Gasteiger partial charge on any atom is 0.160 e. The zero-order valence-corrected chi connectivity index (χ0v) is 19.4. The third-order valence-corrected chi connectivity index (χ3v) is 6.78. The number of halogens is 4. The first-order chi connectivity index (χ1) is 16.9. The molecule has 3 aromatic carbocycles. The van der Waals surface area contributed by atoms with Crippen LogP contribution < -0.4 is 5.32 Å². The topological polar surface area (TPSA) is 35.5 Å². The molecule has 1 heterocycles. The molecular formula is C28H30F4N2O. The zero-order chi connectivity index (χ0) is 24.8. The third kappa shape index (κ3) is 6.83. The van der Waals surface area contributed by atoms with E-state index in [1.165, 1.54) is 30.3 Å². The van der Waals surface area contributed by atoms with E-state index < -0.39 is 17.7 Å². The fourth-order valence-electron chi connectivity index (χ4n) is 4.78. The van der Waals surface area contributed by atoms with Crippen molar-refractivity contribution in [2.24, 2.45) is 5.92 Å². The lowest BCUT2D eigenvalue weighted by molar-refractivity contribution is 0.139. The number of rotatable bonds is 9. The Kier molecular flexibility index (Phi) is 8.42. The fourth-order valence-corrected chi connectivity index (χ4v) is 4.78. The molecule has 2 N–H and O–H groups in total. The van der Waals surface area contributed by atoms with Crippen LogP contribution in [-0.4, -0.2) is 29.6 Å². The Balaban J connectivity index is 1.33.